The Labute approximate surface area is 214 Å². The van der Waals surface area contributed by atoms with Crippen molar-refractivity contribution >= 4 is 40.0 Å². The number of ether oxygens (including phenoxy) is 2. The molecule has 2 N–H and O–H groups in total. The van der Waals surface area contributed by atoms with Gasteiger partial charge < -0.3 is 9.47 Å². The molecule has 178 valence electrons. The van der Waals surface area contributed by atoms with E-state index in [-0.39, 0.29) is 18.2 Å². The van der Waals surface area contributed by atoms with Gasteiger partial charge in [0.15, 0.2) is 5.66 Å². The van der Waals surface area contributed by atoms with Gasteiger partial charge in [-0.3, -0.25) is 15.4 Å². The Bertz CT molecular complexity index is 1110. The SMILES string of the molecule is COc1ccc(C2(C(=O)Cl)N[C@H](c3ccc(Cl)cc3)[C@H](c3ccc(Cl)cc3)N2)c(OC(C)C)c1. The van der Waals surface area contributed by atoms with Crippen molar-refractivity contribution in [3.8, 4) is 11.5 Å². The minimum atomic E-state index is -1.42. The summed E-state index contributed by atoms with van der Waals surface area (Å²) in [4.78, 5) is 13.1. The van der Waals surface area contributed by atoms with E-state index in [2.05, 4.69) is 10.6 Å². The van der Waals surface area contributed by atoms with Gasteiger partial charge >= 0.3 is 0 Å². The lowest BCUT2D eigenvalue weighted by molar-refractivity contribution is -0.118. The predicted octanol–water partition coefficient (Wildman–Crippen LogP) is 6.38. The molecule has 0 aromatic heterocycles. The van der Waals surface area contributed by atoms with Crippen molar-refractivity contribution in [3.05, 3.63) is 93.5 Å². The van der Waals surface area contributed by atoms with Crippen LogP contribution in [0.25, 0.3) is 0 Å². The Kier molecular flexibility index (Phi) is 7.41. The Morgan fingerprint density at radius 3 is 1.79 bits per heavy atom. The van der Waals surface area contributed by atoms with Crippen LogP contribution in [0.2, 0.25) is 10.0 Å². The fraction of sp³-hybridized carbons (Fsp3) is 0.269. The lowest BCUT2D eigenvalue weighted by Gasteiger charge is -2.30. The van der Waals surface area contributed by atoms with Gasteiger partial charge in [-0.1, -0.05) is 47.5 Å². The van der Waals surface area contributed by atoms with Crippen LogP contribution in [0.1, 0.15) is 42.6 Å². The summed E-state index contributed by atoms with van der Waals surface area (Å²) < 4.78 is 11.5. The van der Waals surface area contributed by atoms with E-state index < -0.39 is 10.9 Å². The molecule has 1 aliphatic heterocycles. The molecule has 3 atom stereocenters. The topological polar surface area (TPSA) is 59.6 Å². The largest absolute Gasteiger partial charge is 0.497 e. The molecule has 8 heteroatoms. The number of benzene rings is 3. The van der Waals surface area contributed by atoms with Crippen LogP contribution in [0.15, 0.2) is 66.7 Å². The molecule has 3 aromatic rings. The van der Waals surface area contributed by atoms with Crippen LogP contribution < -0.4 is 20.1 Å². The second-order valence-corrected chi connectivity index (χ2v) is 9.62. The molecule has 0 aliphatic carbocycles. The van der Waals surface area contributed by atoms with E-state index in [0.29, 0.717) is 27.1 Å². The van der Waals surface area contributed by atoms with Gasteiger partial charge in [0, 0.05) is 21.7 Å². The van der Waals surface area contributed by atoms with Gasteiger partial charge in [-0.05, 0) is 73.0 Å². The summed E-state index contributed by atoms with van der Waals surface area (Å²) in [5.41, 5.74) is 1.03. The van der Waals surface area contributed by atoms with Crippen molar-refractivity contribution in [2.75, 3.05) is 7.11 Å². The van der Waals surface area contributed by atoms with Crippen molar-refractivity contribution in [2.45, 2.75) is 37.7 Å². The molecule has 1 saturated heterocycles. The van der Waals surface area contributed by atoms with Crippen LogP contribution in [-0.2, 0) is 10.5 Å². The molecule has 5 nitrogen and oxygen atoms in total. The standard InChI is InChI=1S/C26H25Cl3N2O3/c1-15(2)34-22-14-20(33-3)12-13-21(22)26(25(29)32)30-23(16-4-8-18(27)9-5-16)24(31-26)17-6-10-19(28)11-7-17/h4-15,23-24,30-31H,1-3H3/t23-,24+,26?. The molecule has 0 amide bonds. The Morgan fingerprint density at radius 1 is 0.882 bits per heavy atom. The zero-order chi connectivity index (χ0) is 24.5. The lowest BCUT2D eigenvalue weighted by Crippen LogP contribution is -2.51. The van der Waals surface area contributed by atoms with E-state index in [1.54, 1.807) is 25.3 Å². The summed E-state index contributed by atoms with van der Waals surface area (Å²) in [7, 11) is 1.58. The highest BCUT2D eigenvalue weighted by Gasteiger charge is 2.52. The zero-order valence-electron chi connectivity index (χ0n) is 18.9. The maximum absolute atomic E-state index is 13.1. The minimum Gasteiger partial charge on any atom is -0.497 e. The summed E-state index contributed by atoms with van der Waals surface area (Å²) in [5, 5.41) is 7.60. The van der Waals surface area contributed by atoms with E-state index in [4.69, 9.17) is 44.3 Å². The number of halogens is 3. The van der Waals surface area contributed by atoms with Gasteiger partial charge in [-0.15, -0.1) is 0 Å². The van der Waals surface area contributed by atoms with E-state index in [9.17, 15) is 4.79 Å². The maximum Gasteiger partial charge on any atom is 0.261 e. The van der Waals surface area contributed by atoms with Crippen LogP contribution in [-0.4, -0.2) is 18.5 Å². The molecule has 0 bridgehead atoms. The summed E-state index contributed by atoms with van der Waals surface area (Å²) in [6.45, 7) is 3.84. The van der Waals surface area contributed by atoms with Gasteiger partial charge in [-0.25, -0.2) is 0 Å². The van der Waals surface area contributed by atoms with Crippen molar-refractivity contribution in [2.24, 2.45) is 0 Å². The van der Waals surface area contributed by atoms with Crippen LogP contribution >= 0.6 is 34.8 Å². The van der Waals surface area contributed by atoms with Gasteiger partial charge in [0.25, 0.3) is 5.24 Å². The summed E-state index contributed by atoms with van der Waals surface area (Å²) in [5.74, 6) is 1.10. The second-order valence-electron chi connectivity index (χ2n) is 8.40. The fourth-order valence-corrected chi connectivity index (χ4v) is 4.70. The van der Waals surface area contributed by atoms with Gasteiger partial charge in [0.2, 0.25) is 0 Å². The Morgan fingerprint density at radius 2 is 1.38 bits per heavy atom. The van der Waals surface area contributed by atoms with Gasteiger partial charge in [0.05, 0.1) is 25.3 Å². The molecule has 1 aliphatic rings. The Balaban J connectivity index is 1.87. The monoisotopic (exact) mass is 518 g/mol. The first-order valence-corrected chi connectivity index (χ1v) is 12.0. The van der Waals surface area contributed by atoms with E-state index in [1.165, 1.54) is 0 Å². The van der Waals surface area contributed by atoms with Crippen molar-refractivity contribution in [3.63, 3.8) is 0 Å². The highest BCUT2D eigenvalue weighted by Crippen LogP contribution is 2.45. The molecule has 3 aromatic carbocycles. The maximum atomic E-state index is 13.1. The number of hydrogen-bond acceptors (Lipinski definition) is 5. The van der Waals surface area contributed by atoms with Crippen LogP contribution in [0, 0.1) is 0 Å². The number of rotatable bonds is 7. The minimum absolute atomic E-state index is 0.131. The first-order valence-electron chi connectivity index (χ1n) is 10.8. The van der Waals surface area contributed by atoms with Crippen LogP contribution in [0.5, 0.6) is 11.5 Å². The highest BCUT2D eigenvalue weighted by molar-refractivity contribution is 6.65. The average molecular weight is 520 g/mol. The van der Waals surface area contributed by atoms with Crippen molar-refractivity contribution in [1.82, 2.24) is 10.6 Å². The number of carbonyl (C=O) groups excluding carboxylic acids is 1. The lowest BCUT2D eigenvalue weighted by atomic mass is 9.95. The number of methoxy groups -OCH3 is 1. The molecule has 0 saturated carbocycles. The van der Waals surface area contributed by atoms with Gasteiger partial charge in [-0.2, -0.15) is 0 Å². The van der Waals surface area contributed by atoms with E-state index in [1.807, 2.05) is 62.4 Å². The predicted molar refractivity (Wildman–Crippen MR) is 136 cm³/mol. The Hall–Kier alpha value is -2.28. The third-order valence-electron chi connectivity index (χ3n) is 5.79. The first kappa shape index (κ1) is 24.8. The molecule has 34 heavy (non-hydrogen) atoms. The summed E-state index contributed by atoms with van der Waals surface area (Å²) in [6.07, 6.45) is -0.131. The van der Waals surface area contributed by atoms with Crippen molar-refractivity contribution in [1.29, 1.82) is 0 Å². The zero-order valence-corrected chi connectivity index (χ0v) is 21.2. The molecule has 1 fully saturated rings. The van der Waals surface area contributed by atoms with Crippen LogP contribution in [0.4, 0.5) is 0 Å². The third kappa shape index (κ3) is 4.90. The fourth-order valence-electron chi connectivity index (χ4n) is 4.23. The summed E-state index contributed by atoms with van der Waals surface area (Å²) in [6, 6.07) is 19.7. The third-order valence-corrected chi connectivity index (χ3v) is 6.57. The molecule has 1 heterocycles. The molecular weight excluding hydrogens is 495 g/mol. The molecule has 0 spiro atoms. The summed E-state index contributed by atoms with van der Waals surface area (Å²) >= 11 is 18.6. The van der Waals surface area contributed by atoms with E-state index >= 15 is 0 Å². The molecule has 4 rings (SSSR count). The molecule has 0 radical (unpaired) electrons. The number of nitrogens with one attached hydrogen (secondary N) is 2. The smallest absolute Gasteiger partial charge is 0.261 e. The number of hydrogen-bond donors (Lipinski definition) is 2. The van der Waals surface area contributed by atoms with Crippen LogP contribution in [0.3, 0.4) is 0 Å². The second kappa shape index (κ2) is 10.1. The highest BCUT2D eigenvalue weighted by atomic mass is 35.5. The quantitative estimate of drug-likeness (QED) is 0.355. The van der Waals surface area contributed by atoms with Gasteiger partial charge in [0.1, 0.15) is 11.5 Å². The molecular formula is C26H25Cl3N2O3. The number of carbonyl (C=O) groups is 1. The first-order chi connectivity index (χ1) is 16.2. The normalized spacial score (nSPS) is 22.1. The molecule has 1 unspecified atom stereocenters. The van der Waals surface area contributed by atoms with E-state index in [0.717, 1.165) is 11.1 Å². The van der Waals surface area contributed by atoms with Crippen molar-refractivity contribution < 1.29 is 14.3 Å². The average Bonchev–Trinajstić information content (AvgIpc) is 3.21.